The summed E-state index contributed by atoms with van der Waals surface area (Å²) in [6, 6.07) is 18.6. The Bertz CT molecular complexity index is 887. The van der Waals surface area contributed by atoms with E-state index in [9.17, 15) is 8.78 Å². The van der Waals surface area contributed by atoms with Crippen molar-refractivity contribution in [3.63, 3.8) is 0 Å². The molecule has 0 fully saturated rings. The Labute approximate surface area is 166 Å². The second kappa shape index (κ2) is 10.0. The molecule has 3 rings (SSSR count). The van der Waals surface area contributed by atoms with Crippen molar-refractivity contribution in [2.75, 3.05) is 6.61 Å². The van der Waals surface area contributed by atoms with E-state index in [1.807, 2.05) is 24.3 Å². The molecule has 0 spiro atoms. The molecule has 0 aromatic heterocycles. The number of hydrogen-bond acceptors (Lipinski definition) is 1. The molecule has 28 heavy (non-hydrogen) atoms. The predicted molar refractivity (Wildman–Crippen MR) is 111 cm³/mol. The summed E-state index contributed by atoms with van der Waals surface area (Å²) in [5.41, 5.74) is 2.62. The SMILES string of the molecule is CCCCCCCOc1ccc(-c2cc(F)ccc2-c2ccccc2F)cc1. The maximum atomic E-state index is 14.3. The zero-order chi connectivity index (χ0) is 19.8. The van der Waals surface area contributed by atoms with Crippen molar-refractivity contribution in [2.45, 2.75) is 39.0 Å². The van der Waals surface area contributed by atoms with E-state index in [2.05, 4.69) is 6.92 Å². The fraction of sp³-hybridized carbons (Fsp3) is 0.280. The average molecular weight is 380 g/mol. The van der Waals surface area contributed by atoms with Crippen LogP contribution in [0.1, 0.15) is 39.0 Å². The first-order valence-corrected chi connectivity index (χ1v) is 9.96. The van der Waals surface area contributed by atoms with Crippen LogP contribution in [0.15, 0.2) is 66.7 Å². The van der Waals surface area contributed by atoms with Crippen LogP contribution in [-0.4, -0.2) is 6.61 Å². The van der Waals surface area contributed by atoms with Gasteiger partial charge in [-0.1, -0.05) is 69.0 Å². The van der Waals surface area contributed by atoms with Gasteiger partial charge in [-0.2, -0.15) is 0 Å². The molecule has 3 aromatic carbocycles. The quantitative estimate of drug-likeness (QED) is 0.346. The van der Waals surface area contributed by atoms with Crippen LogP contribution >= 0.6 is 0 Å². The molecule has 3 aromatic rings. The van der Waals surface area contributed by atoms with Crippen molar-refractivity contribution >= 4 is 0 Å². The van der Waals surface area contributed by atoms with Gasteiger partial charge in [0.2, 0.25) is 0 Å². The zero-order valence-electron chi connectivity index (χ0n) is 16.3. The number of rotatable bonds is 9. The largest absolute Gasteiger partial charge is 0.494 e. The molecular weight excluding hydrogens is 354 g/mol. The van der Waals surface area contributed by atoms with E-state index in [0.717, 1.165) is 17.7 Å². The van der Waals surface area contributed by atoms with E-state index in [1.165, 1.54) is 43.9 Å². The van der Waals surface area contributed by atoms with Crippen LogP contribution < -0.4 is 4.74 Å². The molecule has 0 radical (unpaired) electrons. The van der Waals surface area contributed by atoms with Crippen molar-refractivity contribution in [1.29, 1.82) is 0 Å². The van der Waals surface area contributed by atoms with Crippen molar-refractivity contribution in [3.05, 3.63) is 78.4 Å². The molecule has 0 N–H and O–H groups in total. The Hall–Kier alpha value is -2.68. The van der Waals surface area contributed by atoms with E-state index in [0.29, 0.717) is 23.3 Å². The van der Waals surface area contributed by atoms with Gasteiger partial charge in [-0.25, -0.2) is 8.78 Å². The van der Waals surface area contributed by atoms with Crippen molar-refractivity contribution in [3.8, 4) is 28.0 Å². The fourth-order valence-electron chi connectivity index (χ4n) is 3.30. The number of ether oxygens (including phenoxy) is 1. The Morgan fingerprint density at radius 2 is 1.46 bits per heavy atom. The van der Waals surface area contributed by atoms with Crippen LogP contribution in [0.25, 0.3) is 22.3 Å². The molecule has 0 aliphatic rings. The van der Waals surface area contributed by atoms with Gasteiger partial charge < -0.3 is 4.74 Å². The van der Waals surface area contributed by atoms with Gasteiger partial charge >= 0.3 is 0 Å². The minimum atomic E-state index is -0.345. The topological polar surface area (TPSA) is 9.23 Å². The van der Waals surface area contributed by atoms with E-state index in [1.54, 1.807) is 24.3 Å². The first-order valence-electron chi connectivity index (χ1n) is 9.96. The van der Waals surface area contributed by atoms with Gasteiger partial charge in [-0.3, -0.25) is 0 Å². The lowest BCUT2D eigenvalue weighted by atomic mass is 9.94. The lowest BCUT2D eigenvalue weighted by Gasteiger charge is -2.12. The molecule has 146 valence electrons. The summed E-state index contributed by atoms with van der Waals surface area (Å²) in [5, 5.41) is 0. The number of hydrogen-bond donors (Lipinski definition) is 0. The second-order valence-corrected chi connectivity index (χ2v) is 6.96. The van der Waals surface area contributed by atoms with Gasteiger partial charge in [0, 0.05) is 5.56 Å². The molecule has 0 amide bonds. The molecule has 3 heteroatoms. The summed E-state index contributed by atoms with van der Waals surface area (Å²) in [7, 11) is 0. The number of unbranched alkanes of at least 4 members (excludes halogenated alkanes) is 4. The molecule has 0 heterocycles. The Balaban J connectivity index is 1.75. The highest BCUT2D eigenvalue weighted by Gasteiger charge is 2.12. The van der Waals surface area contributed by atoms with Gasteiger partial charge in [0.25, 0.3) is 0 Å². The lowest BCUT2D eigenvalue weighted by Crippen LogP contribution is -1.97. The summed E-state index contributed by atoms with van der Waals surface area (Å²) >= 11 is 0. The summed E-state index contributed by atoms with van der Waals surface area (Å²) < 4.78 is 34.0. The maximum Gasteiger partial charge on any atom is 0.131 e. The molecule has 0 atom stereocenters. The van der Waals surface area contributed by atoms with Crippen molar-refractivity contribution in [1.82, 2.24) is 0 Å². The standard InChI is InChI=1S/C25H26F2O/c1-2-3-4-5-8-17-28-21-14-11-19(12-15-21)24-18-20(26)13-16-22(24)23-9-6-7-10-25(23)27/h6-7,9-16,18H,2-5,8,17H2,1H3. The Kier molecular flexibility index (Phi) is 7.18. The molecular formula is C25H26F2O. The van der Waals surface area contributed by atoms with E-state index in [-0.39, 0.29) is 11.6 Å². The third-order valence-electron chi connectivity index (χ3n) is 4.83. The molecule has 0 aliphatic carbocycles. The summed E-state index contributed by atoms with van der Waals surface area (Å²) in [6.07, 6.45) is 5.98. The summed E-state index contributed by atoms with van der Waals surface area (Å²) in [4.78, 5) is 0. The highest BCUT2D eigenvalue weighted by Crippen LogP contribution is 2.34. The van der Waals surface area contributed by atoms with Gasteiger partial charge in [0.15, 0.2) is 0 Å². The second-order valence-electron chi connectivity index (χ2n) is 6.96. The van der Waals surface area contributed by atoms with Gasteiger partial charge in [0.1, 0.15) is 17.4 Å². The minimum absolute atomic E-state index is 0.321. The van der Waals surface area contributed by atoms with Crippen LogP contribution in [0, 0.1) is 11.6 Å². The van der Waals surface area contributed by atoms with Crippen LogP contribution in [0.4, 0.5) is 8.78 Å². The minimum Gasteiger partial charge on any atom is -0.494 e. The maximum absolute atomic E-state index is 14.3. The van der Waals surface area contributed by atoms with Crippen LogP contribution in [-0.2, 0) is 0 Å². The average Bonchev–Trinajstić information content (AvgIpc) is 2.72. The van der Waals surface area contributed by atoms with E-state index in [4.69, 9.17) is 4.74 Å². The normalized spacial score (nSPS) is 10.8. The van der Waals surface area contributed by atoms with Crippen molar-refractivity contribution < 1.29 is 13.5 Å². The smallest absolute Gasteiger partial charge is 0.131 e. The lowest BCUT2D eigenvalue weighted by molar-refractivity contribution is 0.304. The Morgan fingerprint density at radius 3 is 2.21 bits per heavy atom. The highest BCUT2D eigenvalue weighted by atomic mass is 19.1. The first-order chi connectivity index (χ1) is 13.7. The van der Waals surface area contributed by atoms with Crippen molar-refractivity contribution in [2.24, 2.45) is 0 Å². The van der Waals surface area contributed by atoms with Gasteiger partial charge in [-0.15, -0.1) is 0 Å². The summed E-state index contributed by atoms with van der Waals surface area (Å²) in [6.45, 7) is 2.90. The van der Waals surface area contributed by atoms with Crippen LogP contribution in [0.2, 0.25) is 0 Å². The third-order valence-corrected chi connectivity index (χ3v) is 4.83. The third kappa shape index (κ3) is 5.19. The molecule has 1 nitrogen and oxygen atoms in total. The molecule has 0 saturated carbocycles. The molecule has 0 aliphatic heterocycles. The first kappa shape index (κ1) is 20.1. The predicted octanol–water partition coefficient (Wildman–Crippen LogP) is 7.65. The summed E-state index contributed by atoms with van der Waals surface area (Å²) in [5.74, 6) is 0.129. The molecule has 0 saturated heterocycles. The monoisotopic (exact) mass is 380 g/mol. The molecule has 0 unspecified atom stereocenters. The number of halogens is 2. The number of benzene rings is 3. The highest BCUT2D eigenvalue weighted by molar-refractivity contribution is 5.83. The van der Waals surface area contributed by atoms with Crippen LogP contribution in [0.3, 0.4) is 0 Å². The van der Waals surface area contributed by atoms with Crippen LogP contribution in [0.5, 0.6) is 5.75 Å². The molecule has 0 bridgehead atoms. The van der Waals surface area contributed by atoms with E-state index >= 15 is 0 Å². The zero-order valence-corrected chi connectivity index (χ0v) is 16.3. The van der Waals surface area contributed by atoms with Gasteiger partial charge in [0.05, 0.1) is 6.61 Å². The van der Waals surface area contributed by atoms with E-state index < -0.39 is 0 Å². The van der Waals surface area contributed by atoms with Gasteiger partial charge in [-0.05, 0) is 53.4 Å². The Morgan fingerprint density at radius 1 is 0.714 bits per heavy atom. The fourth-order valence-corrected chi connectivity index (χ4v) is 3.30.